The Morgan fingerprint density at radius 1 is 1.00 bits per heavy atom. The fourth-order valence-electron chi connectivity index (χ4n) is 2.13. The number of carbonyl (C=O) groups is 2. The maximum atomic E-state index is 13.4. The van der Waals surface area contributed by atoms with Crippen LogP contribution in [-0.4, -0.2) is 18.4 Å². The minimum atomic E-state index is -0.602. The van der Waals surface area contributed by atoms with Gasteiger partial charge >= 0.3 is 0 Å². The van der Waals surface area contributed by atoms with E-state index in [2.05, 4.69) is 10.9 Å². The first-order valence-corrected chi connectivity index (χ1v) is 7.43. The Hall–Kier alpha value is -2.89. The summed E-state index contributed by atoms with van der Waals surface area (Å²) in [6, 6.07) is 9.76. The summed E-state index contributed by atoms with van der Waals surface area (Å²) in [6.45, 7) is 5.12. The highest BCUT2D eigenvalue weighted by Crippen LogP contribution is 2.21. The lowest BCUT2D eigenvalue weighted by Crippen LogP contribution is -2.43. The van der Waals surface area contributed by atoms with Crippen LogP contribution in [-0.2, 0) is 4.79 Å². The second-order valence-corrected chi connectivity index (χ2v) is 5.48. The van der Waals surface area contributed by atoms with E-state index in [1.807, 2.05) is 32.0 Å². The summed E-state index contributed by atoms with van der Waals surface area (Å²) in [5.74, 6) is -0.958. The predicted molar refractivity (Wildman–Crippen MR) is 88.2 cm³/mol. The van der Waals surface area contributed by atoms with E-state index in [0.29, 0.717) is 11.3 Å². The van der Waals surface area contributed by atoms with E-state index in [4.69, 9.17) is 4.74 Å². The lowest BCUT2D eigenvalue weighted by Gasteiger charge is -2.12. The molecule has 0 fully saturated rings. The molecule has 0 aliphatic carbocycles. The molecule has 2 rings (SSSR count). The molecule has 0 saturated heterocycles. The first kappa shape index (κ1) is 17.5. The Morgan fingerprint density at radius 3 is 2.29 bits per heavy atom. The zero-order valence-corrected chi connectivity index (χ0v) is 13.8. The monoisotopic (exact) mass is 330 g/mol. The van der Waals surface area contributed by atoms with E-state index < -0.39 is 17.6 Å². The van der Waals surface area contributed by atoms with Crippen molar-refractivity contribution in [3.8, 4) is 5.75 Å². The van der Waals surface area contributed by atoms with Crippen molar-refractivity contribution in [2.45, 2.75) is 20.8 Å². The van der Waals surface area contributed by atoms with Gasteiger partial charge in [0.25, 0.3) is 11.8 Å². The van der Waals surface area contributed by atoms with Gasteiger partial charge in [0.15, 0.2) is 6.61 Å². The first-order chi connectivity index (χ1) is 11.4. The van der Waals surface area contributed by atoms with Crippen molar-refractivity contribution < 1.29 is 18.7 Å². The SMILES string of the molecule is Cc1ccc(C(=O)NNC(=O)COc2c(C)cccc2C)cc1F. The van der Waals surface area contributed by atoms with Gasteiger partial charge in [-0.2, -0.15) is 0 Å². The molecule has 0 aromatic heterocycles. The van der Waals surface area contributed by atoms with Crippen LogP contribution in [0.25, 0.3) is 0 Å². The number of hydrazine groups is 1. The van der Waals surface area contributed by atoms with Gasteiger partial charge in [-0.25, -0.2) is 4.39 Å². The number of para-hydroxylation sites is 1. The van der Waals surface area contributed by atoms with E-state index in [1.54, 1.807) is 6.92 Å². The molecule has 0 saturated carbocycles. The molecule has 126 valence electrons. The Labute approximate surface area is 139 Å². The molecule has 24 heavy (non-hydrogen) atoms. The van der Waals surface area contributed by atoms with Gasteiger partial charge in [-0.05, 0) is 49.6 Å². The van der Waals surface area contributed by atoms with E-state index in [-0.39, 0.29) is 12.2 Å². The summed E-state index contributed by atoms with van der Waals surface area (Å²) in [5.41, 5.74) is 6.86. The summed E-state index contributed by atoms with van der Waals surface area (Å²) in [7, 11) is 0. The van der Waals surface area contributed by atoms with E-state index >= 15 is 0 Å². The van der Waals surface area contributed by atoms with Crippen molar-refractivity contribution in [1.82, 2.24) is 10.9 Å². The largest absolute Gasteiger partial charge is 0.483 e. The van der Waals surface area contributed by atoms with Crippen LogP contribution in [0.5, 0.6) is 5.75 Å². The van der Waals surface area contributed by atoms with Crippen LogP contribution >= 0.6 is 0 Å². The molecule has 0 spiro atoms. The number of ether oxygens (including phenoxy) is 1. The Balaban J connectivity index is 1.87. The molecular weight excluding hydrogens is 311 g/mol. The molecule has 0 bridgehead atoms. The molecule has 5 nitrogen and oxygen atoms in total. The molecule has 0 unspecified atom stereocenters. The lowest BCUT2D eigenvalue weighted by atomic mass is 10.1. The van der Waals surface area contributed by atoms with Crippen LogP contribution < -0.4 is 15.6 Å². The van der Waals surface area contributed by atoms with Crippen molar-refractivity contribution in [3.05, 3.63) is 64.5 Å². The smallest absolute Gasteiger partial charge is 0.276 e. The second-order valence-electron chi connectivity index (χ2n) is 5.48. The van der Waals surface area contributed by atoms with Crippen molar-refractivity contribution in [2.24, 2.45) is 0 Å². The van der Waals surface area contributed by atoms with Gasteiger partial charge in [-0.3, -0.25) is 20.4 Å². The zero-order valence-electron chi connectivity index (χ0n) is 13.8. The fourth-order valence-corrected chi connectivity index (χ4v) is 2.13. The third kappa shape index (κ3) is 4.32. The molecule has 6 heteroatoms. The van der Waals surface area contributed by atoms with Gasteiger partial charge in [0.2, 0.25) is 0 Å². The summed E-state index contributed by atoms with van der Waals surface area (Å²) in [6.07, 6.45) is 0. The van der Waals surface area contributed by atoms with Gasteiger partial charge in [0.1, 0.15) is 11.6 Å². The number of benzene rings is 2. The second kappa shape index (κ2) is 7.59. The molecule has 0 atom stereocenters. The van der Waals surface area contributed by atoms with Gasteiger partial charge in [-0.15, -0.1) is 0 Å². The van der Waals surface area contributed by atoms with Crippen molar-refractivity contribution in [1.29, 1.82) is 0 Å². The standard InChI is InChI=1S/C18H19FN2O3/c1-11-7-8-14(9-15(11)19)18(23)21-20-16(22)10-24-17-12(2)5-4-6-13(17)3/h4-9H,10H2,1-3H3,(H,20,22)(H,21,23). The van der Waals surface area contributed by atoms with Crippen LogP contribution in [0.3, 0.4) is 0 Å². The molecule has 2 aromatic carbocycles. The molecule has 0 radical (unpaired) electrons. The average Bonchev–Trinajstić information content (AvgIpc) is 2.54. The van der Waals surface area contributed by atoms with Gasteiger partial charge in [0, 0.05) is 5.56 Å². The normalized spacial score (nSPS) is 10.2. The number of nitrogens with one attached hydrogen (secondary N) is 2. The van der Waals surface area contributed by atoms with Crippen molar-refractivity contribution in [3.63, 3.8) is 0 Å². The molecule has 0 heterocycles. The number of rotatable bonds is 4. The van der Waals surface area contributed by atoms with E-state index in [1.165, 1.54) is 12.1 Å². The Bertz CT molecular complexity index is 755. The maximum Gasteiger partial charge on any atom is 0.276 e. The predicted octanol–water partition coefficient (Wildman–Crippen LogP) is 2.59. The third-order valence-electron chi connectivity index (χ3n) is 3.51. The first-order valence-electron chi connectivity index (χ1n) is 7.43. The summed E-state index contributed by atoms with van der Waals surface area (Å²) in [5, 5.41) is 0. The average molecular weight is 330 g/mol. The molecule has 0 aliphatic heterocycles. The quantitative estimate of drug-likeness (QED) is 0.847. The highest BCUT2D eigenvalue weighted by molar-refractivity contribution is 5.95. The summed E-state index contributed by atoms with van der Waals surface area (Å²) >= 11 is 0. The third-order valence-corrected chi connectivity index (χ3v) is 3.51. The number of hydrogen-bond acceptors (Lipinski definition) is 3. The van der Waals surface area contributed by atoms with Crippen LogP contribution in [0.2, 0.25) is 0 Å². The van der Waals surface area contributed by atoms with Gasteiger partial charge < -0.3 is 4.74 Å². The van der Waals surface area contributed by atoms with Gasteiger partial charge in [-0.1, -0.05) is 24.3 Å². The Morgan fingerprint density at radius 2 is 1.67 bits per heavy atom. The topological polar surface area (TPSA) is 67.4 Å². The molecule has 2 amide bonds. The number of hydrogen-bond donors (Lipinski definition) is 2. The van der Waals surface area contributed by atoms with Gasteiger partial charge in [0.05, 0.1) is 0 Å². The Kier molecular flexibility index (Phi) is 5.52. The maximum absolute atomic E-state index is 13.4. The highest BCUT2D eigenvalue weighted by Gasteiger charge is 2.11. The van der Waals surface area contributed by atoms with Crippen LogP contribution in [0.1, 0.15) is 27.0 Å². The molecular formula is C18H19FN2O3. The lowest BCUT2D eigenvalue weighted by molar-refractivity contribution is -0.123. The fraction of sp³-hybridized carbons (Fsp3) is 0.222. The number of amides is 2. The van der Waals surface area contributed by atoms with E-state index in [9.17, 15) is 14.0 Å². The van der Waals surface area contributed by atoms with E-state index in [0.717, 1.165) is 17.2 Å². The van der Waals surface area contributed by atoms with Crippen LogP contribution in [0.15, 0.2) is 36.4 Å². The van der Waals surface area contributed by atoms with Crippen LogP contribution in [0.4, 0.5) is 4.39 Å². The summed E-state index contributed by atoms with van der Waals surface area (Å²) < 4.78 is 18.9. The highest BCUT2D eigenvalue weighted by atomic mass is 19.1. The number of halogens is 1. The number of carbonyl (C=O) groups excluding carboxylic acids is 2. The summed E-state index contributed by atoms with van der Waals surface area (Å²) in [4.78, 5) is 23.6. The minimum Gasteiger partial charge on any atom is -0.483 e. The molecule has 2 aromatic rings. The molecule has 0 aliphatic rings. The van der Waals surface area contributed by atoms with Crippen molar-refractivity contribution >= 4 is 11.8 Å². The number of aryl methyl sites for hydroxylation is 3. The van der Waals surface area contributed by atoms with Crippen LogP contribution in [0, 0.1) is 26.6 Å². The minimum absolute atomic E-state index is 0.120. The molecule has 2 N–H and O–H groups in total. The zero-order chi connectivity index (χ0) is 17.7. The van der Waals surface area contributed by atoms with Crippen molar-refractivity contribution in [2.75, 3.05) is 6.61 Å².